The molecule has 1 unspecified atom stereocenters. The van der Waals surface area contributed by atoms with Gasteiger partial charge in [0.1, 0.15) is 10.8 Å². The van der Waals surface area contributed by atoms with Gasteiger partial charge < -0.3 is 14.4 Å². The van der Waals surface area contributed by atoms with Crippen molar-refractivity contribution in [3.8, 4) is 0 Å². The quantitative estimate of drug-likeness (QED) is 0.925. The largest absolute Gasteiger partial charge is 0.476 e. The number of carboxylic acid groups (broad SMARTS) is 1. The second kappa shape index (κ2) is 5.35. The Balaban J connectivity index is 1.53. The normalized spacial score (nSPS) is 22.0. The number of hydrogen-bond donors (Lipinski definition) is 1. The SMILES string of the molecule is O=C(O)c1ncoc1C1CCCN(c2nnc(C3CC3)s2)C1. The van der Waals surface area contributed by atoms with Crippen LogP contribution in [0.25, 0.3) is 0 Å². The molecular weight excluding hydrogens is 304 g/mol. The third-order valence-electron chi connectivity index (χ3n) is 4.22. The van der Waals surface area contributed by atoms with Crippen LogP contribution in [0.1, 0.15) is 58.8 Å². The molecule has 1 saturated heterocycles. The lowest BCUT2D eigenvalue weighted by atomic mass is 9.94. The van der Waals surface area contributed by atoms with Crippen LogP contribution in [0.2, 0.25) is 0 Å². The van der Waals surface area contributed by atoms with Gasteiger partial charge in [0, 0.05) is 24.9 Å². The van der Waals surface area contributed by atoms with Gasteiger partial charge in [-0.25, -0.2) is 9.78 Å². The highest BCUT2D eigenvalue weighted by Crippen LogP contribution is 2.43. The summed E-state index contributed by atoms with van der Waals surface area (Å²) in [5, 5.41) is 19.8. The van der Waals surface area contributed by atoms with Crippen LogP contribution in [0.5, 0.6) is 0 Å². The van der Waals surface area contributed by atoms with Crippen LogP contribution < -0.4 is 4.90 Å². The van der Waals surface area contributed by atoms with Crippen molar-refractivity contribution in [3.63, 3.8) is 0 Å². The second-order valence-electron chi connectivity index (χ2n) is 5.85. The van der Waals surface area contributed by atoms with Gasteiger partial charge >= 0.3 is 5.97 Å². The van der Waals surface area contributed by atoms with E-state index in [1.807, 2.05) is 0 Å². The number of rotatable bonds is 4. The van der Waals surface area contributed by atoms with E-state index in [1.165, 1.54) is 19.2 Å². The summed E-state index contributed by atoms with van der Waals surface area (Å²) < 4.78 is 5.35. The first-order chi connectivity index (χ1) is 10.7. The lowest BCUT2D eigenvalue weighted by molar-refractivity contribution is 0.0687. The number of nitrogens with zero attached hydrogens (tertiary/aromatic N) is 4. The highest BCUT2D eigenvalue weighted by molar-refractivity contribution is 7.15. The molecule has 7 nitrogen and oxygen atoms in total. The Labute approximate surface area is 131 Å². The molecule has 22 heavy (non-hydrogen) atoms. The third-order valence-corrected chi connectivity index (χ3v) is 5.36. The minimum Gasteiger partial charge on any atom is -0.476 e. The molecular formula is C14H16N4O3S. The maximum absolute atomic E-state index is 11.2. The summed E-state index contributed by atoms with van der Waals surface area (Å²) in [5.41, 5.74) is 0.0304. The number of hydrogen-bond acceptors (Lipinski definition) is 7. The summed E-state index contributed by atoms with van der Waals surface area (Å²) in [6, 6.07) is 0. The van der Waals surface area contributed by atoms with Crippen molar-refractivity contribution in [2.24, 2.45) is 0 Å². The molecule has 4 rings (SSSR count). The Kier molecular flexibility index (Phi) is 3.33. The Morgan fingerprint density at radius 2 is 2.18 bits per heavy atom. The zero-order valence-electron chi connectivity index (χ0n) is 11.9. The van der Waals surface area contributed by atoms with Gasteiger partial charge in [0.2, 0.25) is 5.13 Å². The highest BCUT2D eigenvalue weighted by atomic mass is 32.1. The van der Waals surface area contributed by atoms with E-state index in [9.17, 15) is 9.90 Å². The van der Waals surface area contributed by atoms with E-state index in [0.717, 1.165) is 29.5 Å². The number of anilines is 1. The van der Waals surface area contributed by atoms with Crippen LogP contribution >= 0.6 is 11.3 Å². The summed E-state index contributed by atoms with van der Waals surface area (Å²) >= 11 is 1.66. The highest BCUT2D eigenvalue weighted by Gasteiger charge is 2.32. The van der Waals surface area contributed by atoms with E-state index in [2.05, 4.69) is 20.1 Å². The van der Waals surface area contributed by atoms with Gasteiger partial charge in [-0.15, -0.1) is 10.2 Å². The van der Waals surface area contributed by atoms with Gasteiger partial charge in [-0.2, -0.15) is 0 Å². The van der Waals surface area contributed by atoms with Crippen LogP contribution in [-0.4, -0.2) is 39.3 Å². The minimum atomic E-state index is -1.03. The Bertz CT molecular complexity index is 694. The molecule has 1 aliphatic heterocycles. The number of carbonyl (C=O) groups is 1. The average Bonchev–Trinajstić information content (AvgIpc) is 3.06. The number of aromatic nitrogens is 3. The van der Waals surface area contributed by atoms with Crippen molar-refractivity contribution in [1.29, 1.82) is 0 Å². The fourth-order valence-electron chi connectivity index (χ4n) is 2.92. The molecule has 1 N–H and O–H groups in total. The van der Waals surface area contributed by atoms with Gasteiger partial charge in [-0.1, -0.05) is 11.3 Å². The number of oxazole rings is 1. The summed E-state index contributed by atoms with van der Waals surface area (Å²) in [5.74, 6) is 0.0901. The van der Waals surface area contributed by atoms with E-state index in [-0.39, 0.29) is 11.6 Å². The number of carboxylic acids is 1. The van der Waals surface area contributed by atoms with Crippen molar-refractivity contribution in [3.05, 3.63) is 22.9 Å². The smallest absolute Gasteiger partial charge is 0.358 e. The van der Waals surface area contributed by atoms with Gasteiger partial charge in [0.25, 0.3) is 0 Å². The molecule has 2 aliphatic rings. The molecule has 1 atom stereocenters. The number of aromatic carboxylic acids is 1. The van der Waals surface area contributed by atoms with Crippen molar-refractivity contribution in [1.82, 2.24) is 15.2 Å². The van der Waals surface area contributed by atoms with Crippen LogP contribution in [-0.2, 0) is 0 Å². The van der Waals surface area contributed by atoms with Crippen molar-refractivity contribution >= 4 is 22.4 Å². The molecule has 0 spiro atoms. The van der Waals surface area contributed by atoms with E-state index >= 15 is 0 Å². The molecule has 3 heterocycles. The first-order valence-electron chi connectivity index (χ1n) is 7.47. The molecule has 0 bridgehead atoms. The summed E-state index contributed by atoms with van der Waals surface area (Å²) in [6.45, 7) is 1.63. The van der Waals surface area contributed by atoms with Crippen molar-refractivity contribution < 1.29 is 14.3 Å². The molecule has 1 aliphatic carbocycles. The summed E-state index contributed by atoms with van der Waals surface area (Å²) in [6.07, 6.45) is 5.53. The summed E-state index contributed by atoms with van der Waals surface area (Å²) in [7, 11) is 0. The monoisotopic (exact) mass is 320 g/mol. The second-order valence-corrected chi connectivity index (χ2v) is 6.84. The lowest BCUT2D eigenvalue weighted by Crippen LogP contribution is -2.34. The fourth-order valence-corrected chi connectivity index (χ4v) is 3.97. The molecule has 1 saturated carbocycles. The first-order valence-corrected chi connectivity index (χ1v) is 8.29. The Hall–Kier alpha value is -1.96. The Morgan fingerprint density at radius 1 is 1.32 bits per heavy atom. The number of piperidine rings is 1. The zero-order chi connectivity index (χ0) is 15.1. The van der Waals surface area contributed by atoms with E-state index in [0.29, 0.717) is 18.2 Å². The predicted molar refractivity (Wildman–Crippen MR) is 79.5 cm³/mol. The molecule has 2 aromatic rings. The van der Waals surface area contributed by atoms with Crippen LogP contribution in [0.15, 0.2) is 10.8 Å². The molecule has 0 amide bonds. The van der Waals surface area contributed by atoms with Crippen LogP contribution in [0.4, 0.5) is 5.13 Å². The van der Waals surface area contributed by atoms with Gasteiger partial charge in [-0.3, -0.25) is 0 Å². The lowest BCUT2D eigenvalue weighted by Gasteiger charge is -2.31. The maximum Gasteiger partial charge on any atom is 0.358 e. The maximum atomic E-state index is 11.2. The predicted octanol–water partition coefficient (Wildman–Crippen LogP) is 2.49. The topological polar surface area (TPSA) is 92.3 Å². The first kappa shape index (κ1) is 13.7. The standard InChI is InChI=1S/C14H16N4O3S/c19-13(20)10-11(21-7-15-10)9-2-1-5-18(6-9)14-17-16-12(22-14)8-3-4-8/h7-9H,1-6H2,(H,19,20). The van der Waals surface area contributed by atoms with Crippen LogP contribution in [0.3, 0.4) is 0 Å². The van der Waals surface area contributed by atoms with Gasteiger partial charge in [-0.05, 0) is 25.7 Å². The van der Waals surface area contributed by atoms with Crippen LogP contribution in [0, 0.1) is 0 Å². The minimum absolute atomic E-state index is 0.0304. The van der Waals surface area contributed by atoms with Crippen molar-refractivity contribution in [2.45, 2.75) is 37.5 Å². The molecule has 116 valence electrons. The van der Waals surface area contributed by atoms with E-state index in [1.54, 1.807) is 11.3 Å². The molecule has 0 radical (unpaired) electrons. The zero-order valence-corrected chi connectivity index (χ0v) is 12.8. The molecule has 2 aromatic heterocycles. The Morgan fingerprint density at radius 3 is 2.95 bits per heavy atom. The molecule has 2 fully saturated rings. The average molecular weight is 320 g/mol. The van der Waals surface area contributed by atoms with Gasteiger partial charge in [0.05, 0.1) is 0 Å². The molecule has 0 aromatic carbocycles. The molecule has 8 heteroatoms. The van der Waals surface area contributed by atoms with Gasteiger partial charge in [0.15, 0.2) is 12.1 Å². The third kappa shape index (κ3) is 2.47. The summed E-state index contributed by atoms with van der Waals surface area (Å²) in [4.78, 5) is 17.2. The fraction of sp³-hybridized carbons (Fsp3) is 0.571. The van der Waals surface area contributed by atoms with E-state index < -0.39 is 5.97 Å². The van der Waals surface area contributed by atoms with E-state index in [4.69, 9.17) is 4.42 Å². The van der Waals surface area contributed by atoms with Crippen molar-refractivity contribution in [2.75, 3.05) is 18.0 Å².